The molecule has 1 aromatic carbocycles. The van der Waals surface area contributed by atoms with Crippen LogP contribution in [0.2, 0.25) is 0 Å². The second-order valence-corrected chi connectivity index (χ2v) is 6.93. The Morgan fingerprint density at radius 2 is 1.43 bits per heavy atom. The number of carbonyl (C=O) groups is 1. The average molecular weight is 289 g/mol. The van der Waals surface area contributed by atoms with Crippen molar-refractivity contribution in [2.45, 2.75) is 47.5 Å². The van der Waals surface area contributed by atoms with Gasteiger partial charge in [-0.05, 0) is 44.7 Å². The molecule has 1 aromatic rings. The van der Waals surface area contributed by atoms with E-state index in [2.05, 4.69) is 32.6 Å². The molecule has 2 nitrogen and oxygen atoms in total. The molecule has 0 spiro atoms. The third kappa shape index (κ3) is 7.42. The molecular formula is C19H31NO. The minimum Gasteiger partial charge on any atom is -0.296 e. The Labute approximate surface area is 130 Å². The summed E-state index contributed by atoms with van der Waals surface area (Å²) in [6, 6.07) is 7.92. The van der Waals surface area contributed by atoms with Crippen LogP contribution in [0.4, 0.5) is 0 Å². The summed E-state index contributed by atoms with van der Waals surface area (Å²) in [4.78, 5) is 14.7. The third-order valence-electron chi connectivity index (χ3n) is 3.79. The molecule has 0 N–H and O–H groups in total. The van der Waals surface area contributed by atoms with E-state index in [4.69, 9.17) is 0 Å². The molecule has 0 heterocycles. The molecule has 2 heteroatoms. The molecule has 0 atom stereocenters. The van der Waals surface area contributed by atoms with Crippen molar-refractivity contribution in [2.24, 2.45) is 11.8 Å². The smallest absolute Gasteiger partial charge is 0.176 e. The minimum absolute atomic E-state index is 0.238. The van der Waals surface area contributed by atoms with Crippen LogP contribution in [-0.2, 0) is 0 Å². The number of carbonyl (C=O) groups excluding carboxylic acids is 1. The number of hydrogen-bond acceptors (Lipinski definition) is 2. The number of rotatable bonds is 9. The maximum absolute atomic E-state index is 12.4. The highest BCUT2D eigenvalue weighted by Gasteiger charge is 2.13. The lowest BCUT2D eigenvalue weighted by Gasteiger charge is -2.23. The minimum atomic E-state index is 0.238. The Morgan fingerprint density at radius 1 is 0.952 bits per heavy atom. The van der Waals surface area contributed by atoms with Crippen LogP contribution in [0.5, 0.6) is 0 Å². The molecule has 0 fully saturated rings. The van der Waals surface area contributed by atoms with Gasteiger partial charge in [-0.15, -0.1) is 0 Å². The Morgan fingerprint density at radius 3 is 1.86 bits per heavy atom. The molecule has 0 aromatic heterocycles. The summed E-state index contributed by atoms with van der Waals surface area (Å²) in [5.41, 5.74) is 2.03. The van der Waals surface area contributed by atoms with Gasteiger partial charge in [-0.2, -0.15) is 0 Å². The van der Waals surface area contributed by atoms with Gasteiger partial charge < -0.3 is 0 Å². The van der Waals surface area contributed by atoms with E-state index in [1.807, 2.05) is 31.2 Å². The van der Waals surface area contributed by atoms with Crippen molar-refractivity contribution in [3.05, 3.63) is 35.4 Å². The summed E-state index contributed by atoms with van der Waals surface area (Å²) >= 11 is 0. The molecular weight excluding hydrogens is 258 g/mol. The number of hydrogen-bond donors (Lipinski definition) is 0. The number of Topliss-reactive ketones (excluding diaryl/α,β-unsaturated/α-hetero) is 1. The second kappa shape index (κ2) is 8.99. The van der Waals surface area contributed by atoms with E-state index in [-0.39, 0.29) is 5.78 Å². The summed E-state index contributed by atoms with van der Waals surface area (Å²) in [6.07, 6.45) is 2.30. The van der Waals surface area contributed by atoms with Crippen molar-refractivity contribution in [3.63, 3.8) is 0 Å². The van der Waals surface area contributed by atoms with Crippen molar-refractivity contribution in [1.29, 1.82) is 0 Å². The Kier molecular flexibility index (Phi) is 7.66. The van der Waals surface area contributed by atoms with Crippen LogP contribution in [0.3, 0.4) is 0 Å². The SMILES string of the molecule is Cc1ccc(C(=O)CN(CCC(C)C)CCC(C)C)cc1. The van der Waals surface area contributed by atoms with E-state index in [1.165, 1.54) is 5.56 Å². The van der Waals surface area contributed by atoms with Crippen LogP contribution in [0.1, 0.15) is 56.5 Å². The van der Waals surface area contributed by atoms with Gasteiger partial charge >= 0.3 is 0 Å². The maximum Gasteiger partial charge on any atom is 0.176 e. The first-order valence-electron chi connectivity index (χ1n) is 8.20. The molecule has 0 aliphatic heterocycles. The highest BCUT2D eigenvalue weighted by atomic mass is 16.1. The van der Waals surface area contributed by atoms with Gasteiger partial charge in [0.1, 0.15) is 0 Å². The fourth-order valence-electron chi connectivity index (χ4n) is 2.19. The molecule has 1 rings (SSSR count). The standard InChI is InChI=1S/C19H31NO/c1-15(2)10-12-20(13-11-16(3)4)14-19(21)18-8-6-17(5)7-9-18/h6-9,15-16H,10-14H2,1-5H3. The quantitative estimate of drug-likeness (QED) is 0.621. The first kappa shape index (κ1) is 17.9. The second-order valence-electron chi connectivity index (χ2n) is 6.93. The fraction of sp³-hybridized carbons (Fsp3) is 0.632. The topological polar surface area (TPSA) is 20.3 Å². The number of nitrogens with zero attached hydrogens (tertiary/aromatic N) is 1. The van der Waals surface area contributed by atoms with Crippen LogP contribution in [0.25, 0.3) is 0 Å². The van der Waals surface area contributed by atoms with E-state index in [0.717, 1.165) is 31.5 Å². The predicted octanol–water partition coefficient (Wildman–Crippen LogP) is 4.57. The van der Waals surface area contributed by atoms with Crippen molar-refractivity contribution in [1.82, 2.24) is 4.90 Å². The van der Waals surface area contributed by atoms with Crippen LogP contribution < -0.4 is 0 Å². The molecule has 0 unspecified atom stereocenters. The van der Waals surface area contributed by atoms with Gasteiger partial charge in [-0.25, -0.2) is 0 Å². The number of benzene rings is 1. The molecule has 0 saturated carbocycles. The summed E-state index contributed by atoms with van der Waals surface area (Å²) in [5.74, 6) is 1.60. The Bertz CT molecular complexity index is 408. The van der Waals surface area contributed by atoms with Crippen molar-refractivity contribution < 1.29 is 4.79 Å². The summed E-state index contributed by atoms with van der Waals surface area (Å²) in [7, 11) is 0. The average Bonchev–Trinajstić information content (AvgIpc) is 2.42. The van der Waals surface area contributed by atoms with Gasteiger partial charge in [0.15, 0.2) is 5.78 Å². The number of ketones is 1. The van der Waals surface area contributed by atoms with E-state index in [9.17, 15) is 4.79 Å². The molecule has 118 valence electrons. The summed E-state index contributed by atoms with van der Waals surface area (Å²) in [5, 5.41) is 0. The van der Waals surface area contributed by atoms with E-state index >= 15 is 0 Å². The molecule has 0 saturated heterocycles. The van der Waals surface area contributed by atoms with Crippen molar-refractivity contribution in [3.8, 4) is 0 Å². The molecule has 21 heavy (non-hydrogen) atoms. The van der Waals surface area contributed by atoms with Gasteiger partial charge in [0.25, 0.3) is 0 Å². The fourth-order valence-corrected chi connectivity index (χ4v) is 2.19. The first-order valence-corrected chi connectivity index (χ1v) is 8.20. The van der Waals surface area contributed by atoms with E-state index in [0.29, 0.717) is 18.4 Å². The lowest BCUT2D eigenvalue weighted by Crippen LogP contribution is -2.33. The van der Waals surface area contributed by atoms with Gasteiger partial charge in [0.05, 0.1) is 6.54 Å². The maximum atomic E-state index is 12.4. The molecule has 0 amide bonds. The van der Waals surface area contributed by atoms with Crippen LogP contribution in [0, 0.1) is 18.8 Å². The zero-order valence-electron chi connectivity index (χ0n) is 14.4. The lowest BCUT2D eigenvalue weighted by molar-refractivity contribution is 0.0923. The van der Waals surface area contributed by atoms with Gasteiger partial charge in [0, 0.05) is 5.56 Å². The van der Waals surface area contributed by atoms with Crippen LogP contribution in [-0.4, -0.2) is 30.3 Å². The van der Waals surface area contributed by atoms with E-state index in [1.54, 1.807) is 0 Å². The highest BCUT2D eigenvalue weighted by Crippen LogP contribution is 2.09. The van der Waals surface area contributed by atoms with E-state index < -0.39 is 0 Å². The third-order valence-corrected chi connectivity index (χ3v) is 3.79. The summed E-state index contributed by atoms with van der Waals surface area (Å²) in [6.45, 7) is 13.6. The van der Waals surface area contributed by atoms with Gasteiger partial charge in [-0.1, -0.05) is 57.5 Å². The zero-order chi connectivity index (χ0) is 15.8. The van der Waals surface area contributed by atoms with Crippen LogP contribution in [0.15, 0.2) is 24.3 Å². The highest BCUT2D eigenvalue weighted by molar-refractivity contribution is 5.97. The molecule has 0 bridgehead atoms. The van der Waals surface area contributed by atoms with Crippen molar-refractivity contribution in [2.75, 3.05) is 19.6 Å². The monoisotopic (exact) mass is 289 g/mol. The Balaban J connectivity index is 2.60. The lowest BCUT2D eigenvalue weighted by atomic mass is 10.1. The van der Waals surface area contributed by atoms with Gasteiger partial charge in [-0.3, -0.25) is 9.69 Å². The normalized spacial score (nSPS) is 11.6. The van der Waals surface area contributed by atoms with Crippen LogP contribution >= 0.6 is 0 Å². The predicted molar refractivity (Wildman–Crippen MR) is 90.9 cm³/mol. The molecule has 0 radical (unpaired) electrons. The Hall–Kier alpha value is -1.15. The molecule has 0 aliphatic carbocycles. The van der Waals surface area contributed by atoms with Gasteiger partial charge in [0.2, 0.25) is 0 Å². The largest absolute Gasteiger partial charge is 0.296 e. The summed E-state index contributed by atoms with van der Waals surface area (Å²) < 4.78 is 0. The zero-order valence-corrected chi connectivity index (χ0v) is 14.4. The first-order chi connectivity index (χ1) is 9.88. The molecule has 0 aliphatic rings. The number of aryl methyl sites for hydroxylation is 1. The van der Waals surface area contributed by atoms with Crippen molar-refractivity contribution >= 4 is 5.78 Å².